The smallest absolute Gasteiger partial charge is 0.129 e. The van der Waals surface area contributed by atoms with Gasteiger partial charge in [-0.15, -0.1) is 11.6 Å². The van der Waals surface area contributed by atoms with Gasteiger partial charge in [-0.25, -0.2) is 4.98 Å². The molecule has 0 saturated heterocycles. The number of para-hydroxylation sites is 1. The standard InChI is InChI=1S/C14H9Cl2IN2/c15-8-13-18-14-11(16)2-1-3-12(14)19(13)10-6-4-9(17)5-7-10/h1-7H,8H2. The molecule has 96 valence electrons. The lowest BCUT2D eigenvalue weighted by molar-refractivity contribution is 0.981. The highest BCUT2D eigenvalue weighted by molar-refractivity contribution is 14.1. The number of nitrogens with zero attached hydrogens (tertiary/aromatic N) is 2. The number of fused-ring (bicyclic) bond motifs is 1. The number of hydrogen-bond donors (Lipinski definition) is 0. The first-order valence-electron chi connectivity index (χ1n) is 5.68. The van der Waals surface area contributed by atoms with Crippen LogP contribution >= 0.6 is 45.8 Å². The van der Waals surface area contributed by atoms with Gasteiger partial charge in [0, 0.05) is 9.26 Å². The Hall–Kier alpha value is -0.780. The summed E-state index contributed by atoms with van der Waals surface area (Å²) in [5, 5.41) is 0.646. The zero-order valence-corrected chi connectivity index (χ0v) is 13.4. The van der Waals surface area contributed by atoms with Crippen molar-refractivity contribution in [3.05, 3.63) is 56.9 Å². The van der Waals surface area contributed by atoms with Gasteiger partial charge in [0.15, 0.2) is 0 Å². The van der Waals surface area contributed by atoms with Crippen LogP contribution in [0, 0.1) is 3.57 Å². The minimum absolute atomic E-state index is 0.344. The molecule has 0 aliphatic rings. The molecule has 0 aliphatic carbocycles. The van der Waals surface area contributed by atoms with E-state index in [4.69, 9.17) is 23.2 Å². The lowest BCUT2D eigenvalue weighted by Gasteiger charge is -2.07. The van der Waals surface area contributed by atoms with E-state index in [2.05, 4.69) is 51.8 Å². The molecule has 5 heteroatoms. The molecule has 3 aromatic rings. The van der Waals surface area contributed by atoms with Crippen molar-refractivity contribution in [1.29, 1.82) is 0 Å². The van der Waals surface area contributed by atoms with Gasteiger partial charge in [0.05, 0.1) is 16.4 Å². The van der Waals surface area contributed by atoms with Crippen LogP contribution in [0.2, 0.25) is 5.02 Å². The van der Waals surface area contributed by atoms with Crippen LogP contribution < -0.4 is 0 Å². The second-order valence-electron chi connectivity index (χ2n) is 4.08. The monoisotopic (exact) mass is 402 g/mol. The topological polar surface area (TPSA) is 17.8 Å². The zero-order chi connectivity index (χ0) is 13.4. The van der Waals surface area contributed by atoms with Crippen molar-refractivity contribution >= 4 is 56.8 Å². The van der Waals surface area contributed by atoms with Crippen LogP contribution in [-0.2, 0) is 5.88 Å². The Morgan fingerprint density at radius 2 is 1.84 bits per heavy atom. The van der Waals surface area contributed by atoms with Crippen LogP contribution in [0.25, 0.3) is 16.7 Å². The van der Waals surface area contributed by atoms with Crippen LogP contribution in [0.1, 0.15) is 5.82 Å². The average molecular weight is 403 g/mol. The molecule has 0 bridgehead atoms. The van der Waals surface area contributed by atoms with Crippen molar-refractivity contribution in [3.8, 4) is 5.69 Å². The second kappa shape index (κ2) is 5.31. The van der Waals surface area contributed by atoms with Gasteiger partial charge in [0.2, 0.25) is 0 Å². The normalized spacial score (nSPS) is 11.1. The number of rotatable bonds is 2. The lowest BCUT2D eigenvalue weighted by atomic mass is 10.3. The van der Waals surface area contributed by atoms with Crippen LogP contribution in [-0.4, -0.2) is 9.55 Å². The summed E-state index contributed by atoms with van der Waals surface area (Å²) in [6.07, 6.45) is 0. The number of aromatic nitrogens is 2. The maximum Gasteiger partial charge on any atom is 0.129 e. The molecule has 2 aromatic carbocycles. The molecule has 0 N–H and O–H groups in total. The van der Waals surface area contributed by atoms with E-state index in [9.17, 15) is 0 Å². The Kier molecular flexibility index (Phi) is 3.69. The Morgan fingerprint density at radius 1 is 1.11 bits per heavy atom. The highest BCUT2D eigenvalue weighted by Gasteiger charge is 2.13. The Labute approximate surface area is 134 Å². The maximum atomic E-state index is 6.19. The minimum atomic E-state index is 0.344. The van der Waals surface area contributed by atoms with Crippen molar-refractivity contribution in [2.75, 3.05) is 0 Å². The molecule has 1 aromatic heterocycles. The third-order valence-corrected chi connectivity index (χ3v) is 4.17. The third-order valence-electron chi connectivity index (χ3n) is 2.91. The van der Waals surface area contributed by atoms with E-state index in [0.717, 1.165) is 22.5 Å². The number of hydrogen-bond acceptors (Lipinski definition) is 1. The fraction of sp³-hybridized carbons (Fsp3) is 0.0714. The Bertz CT molecular complexity index is 735. The zero-order valence-electron chi connectivity index (χ0n) is 9.78. The van der Waals surface area contributed by atoms with Gasteiger partial charge in [-0.2, -0.15) is 0 Å². The first kappa shape index (κ1) is 13.2. The van der Waals surface area contributed by atoms with Crippen molar-refractivity contribution in [3.63, 3.8) is 0 Å². The fourth-order valence-electron chi connectivity index (χ4n) is 2.08. The molecule has 0 fully saturated rings. The van der Waals surface area contributed by atoms with E-state index in [1.54, 1.807) is 0 Å². The number of alkyl halides is 1. The molecule has 3 rings (SSSR count). The Balaban J connectivity index is 2.32. The first-order chi connectivity index (χ1) is 9.20. The Morgan fingerprint density at radius 3 is 2.53 bits per heavy atom. The molecular weight excluding hydrogens is 394 g/mol. The minimum Gasteiger partial charge on any atom is -0.295 e. The molecule has 0 spiro atoms. The van der Waals surface area contributed by atoms with Crippen LogP contribution in [0.3, 0.4) is 0 Å². The summed E-state index contributed by atoms with van der Waals surface area (Å²) in [5.41, 5.74) is 2.81. The van der Waals surface area contributed by atoms with Gasteiger partial charge < -0.3 is 0 Å². The summed E-state index contributed by atoms with van der Waals surface area (Å²) in [6.45, 7) is 0. The molecule has 0 saturated carbocycles. The molecule has 1 heterocycles. The molecule has 0 atom stereocenters. The van der Waals surface area contributed by atoms with E-state index in [1.807, 2.05) is 22.8 Å². The van der Waals surface area contributed by atoms with Crippen molar-refractivity contribution in [2.24, 2.45) is 0 Å². The molecule has 19 heavy (non-hydrogen) atoms. The van der Waals surface area contributed by atoms with Crippen LogP contribution in [0.5, 0.6) is 0 Å². The average Bonchev–Trinajstić information content (AvgIpc) is 2.80. The lowest BCUT2D eigenvalue weighted by Crippen LogP contribution is -1.99. The predicted molar refractivity (Wildman–Crippen MR) is 88.4 cm³/mol. The highest BCUT2D eigenvalue weighted by Crippen LogP contribution is 2.27. The van der Waals surface area contributed by atoms with E-state index >= 15 is 0 Å². The van der Waals surface area contributed by atoms with Gasteiger partial charge in [-0.1, -0.05) is 17.7 Å². The van der Waals surface area contributed by atoms with E-state index in [1.165, 1.54) is 3.57 Å². The van der Waals surface area contributed by atoms with Gasteiger partial charge in [0.25, 0.3) is 0 Å². The summed E-state index contributed by atoms with van der Waals surface area (Å²) in [7, 11) is 0. The fourth-order valence-corrected chi connectivity index (χ4v) is 2.83. The third kappa shape index (κ3) is 2.35. The van der Waals surface area contributed by atoms with Gasteiger partial charge in [0.1, 0.15) is 11.3 Å². The summed E-state index contributed by atoms with van der Waals surface area (Å²) in [6, 6.07) is 14.0. The summed E-state index contributed by atoms with van der Waals surface area (Å²) < 4.78 is 3.24. The maximum absolute atomic E-state index is 6.19. The van der Waals surface area contributed by atoms with Crippen LogP contribution in [0.15, 0.2) is 42.5 Å². The van der Waals surface area contributed by atoms with E-state index in [0.29, 0.717) is 10.9 Å². The van der Waals surface area contributed by atoms with E-state index < -0.39 is 0 Å². The number of imidazole rings is 1. The van der Waals surface area contributed by atoms with Gasteiger partial charge in [-0.3, -0.25) is 4.57 Å². The van der Waals surface area contributed by atoms with Crippen molar-refractivity contribution < 1.29 is 0 Å². The van der Waals surface area contributed by atoms with Crippen LogP contribution in [0.4, 0.5) is 0 Å². The largest absolute Gasteiger partial charge is 0.295 e. The van der Waals surface area contributed by atoms with E-state index in [-0.39, 0.29) is 0 Å². The van der Waals surface area contributed by atoms with Crippen molar-refractivity contribution in [1.82, 2.24) is 9.55 Å². The molecule has 0 aliphatic heterocycles. The highest BCUT2D eigenvalue weighted by atomic mass is 127. The molecule has 0 radical (unpaired) electrons. The molecule has 0 unspecified atom stereocenters. The quantitative estimate of drug-likeness (QED) is 0.434. The summed E-state index contributed by atoms with van der Waals surface area (Å²) in [4.78, 5) is 4.53. The predicted octanol–water partition coefficient (Wildman–Crippen LogP) is 5.02. The molecule has 2 nitrogen and oxygen atoms in total. The summed E-state index contributed by atoms with van der Waals surface area (Å²) in [5.74, 6) is 1.14. The number of halogens is 3. The first-order valence-corrected chi connectivity index (χ1v) is 7.67. The second-order valence-corrected chi connectivity index (χ2v) is 6.00. The SMILES string of the molecule is ClCc1nc2c(Cl)cccc2n1-c1ccc(I)cc1. The summed E-state index contributed by atoms with van der Waals surface area (Å²) >= 11 is 14.5. The van der Waals surface area contributed by atoms with Crippen molar-refractivity contribution in [2.45, 2.75) is 5.88 Å². The number of benzene rings is 2. The molecule has 0 amide bonds. The van der Waals surface area contributed by atoms with Gasteiger partial charge >= 0.3 is 0 Å². The van der Waals surface area contributed by atoms with Gasteiger partial charge in [-0.05, 0) is 59.0 Å². The molecular formula is C14H9Cl2IN2.